The zero-order valence-corrected chi connectivity index (χ0v) is 77.9. The number of aromatic amines is 2. The van der Waals surface area contributed by atoms with Crippen LogP contribution in [0.25, 0.3) is 21.8 Å². The van der Waals surface area contributed by atoms with Gasteiger partial charge in [-0.1, -0.05) is 88.1 Å². The number of aliphatic carboxylic acids is 1. The predicted octanol–water partition coefficient (Wildman–Crippen LogP) is -5.12. The van der Waals surface area contributed by atoms with Gasteiger partial charge in [0.05, 0.1) is 57.2 Å². The van der Waals surface area contributed by atoms with Gasteiger partial charge < -0.3 is 135 Å². The first-order valence-electron chi connectivity index (χ1n) is 45.0. The normalized spacial score (nSPS) is 24.5. The van der Waals surface area contributed by atoms with E-state index >= 15 is 33.6 Å². The lowest BCUT2D eigenvalue weighted by molar-refractivity contribution is -0.149. The van der Waals surface area contributed by atoms with Crippen LogP contribution in [-0.4, -0.2) is 340 Å². The number of H-pyrrole nitrogens is 2. The highest BCUT2D eigenvalue weighted by molar-refractivity contribution is 8.00. The molecule has 3 aromatic heterocycles. The molecule has 22 N–H and O–H groups in total. The highest BCUT2D eigenvalue weighted by atomic mass is 32.2. The second-order valence-electron chi connectivity index (χ2n) is 34.1. The standard InChI is InChI=1S/C90H122N22O24S/c1-8-10-20-68-83(128)105-65(44-114)82(127)106-66(78(123)96-39-74(93)118)45-137-46-75(119)98-61(31-49-24-26-54(136-7)27-25-49)86(131)107(4)48(3)77(122)102-63(36-73(92)117)89(134)111-30-16-23-69(111)84(129)101-60(34-52-38-94-47-97-52)80(125)99-58(28-29-72(91)116)88(133)112-41-53(115)35-71(112)85(130)100-59(32-50-37-95-57-19-14-12-17-55(50)57)79(124)104-64(43-113)81(126)103-62(87(132)109(6)70(21-11-9-2)90(135)108(68)5)33-51-40-110(42-76(120)121)67-22-15-13-18-56(51)67/h12-15,17-19,22,24-27,37-38,40,47-48,53,58-66,68-71,95,113-115H,8-11,16,20-21,23,28-36,39,41-46H2,1-7H3,(H2,91,116)(H2,92,117)(H2,93,118)(H,94,97)(H,96,123)(H,98,119)(H,99,125)(H,100,130)(H,101,129)(H,102,122)(H,103,126)(H,104,124)(H,105,128)(H,106,127)(H,120,121)/t48-,53+,58-,59-,60?,61-,62-,63-,64-,65?,66-,68-,69-,70-,71-/m0/s1. The van der Waals surface area contributed by atoms with E-state index in [0.717, 1.165) is 36.3 Å². The number of carboxylic acids is 1. The Morgan fingerprint density at radius 3 is 1.74 bits per heavy atom. The highest BCUT2D eigenvalue weighted by Crippen LogP contribution is 2.29. The van der Waals surface area contributed by atoms with Crippen LogP contribution in [0.5, 0.6) is 5.75 Å². The van der Waals surface area contributed by atoms with Crippen LogP contribution in [0.15, 0.2) is 97.7 Å². The lowest BCUT2D eigenvalue weighted by Crippen LogP contribution is -2.62. The molecule has 18 amide bonds. The number of amides is 18. The molecule has 0 bridgehead atoms. The second kappa shape index (κ2) is 50.5. The van der Waals surface area contributed by atoms with Crippen molar-refractivity contribution in [2.24, 2.45) is 17.2 Å². The molecular weight excluding hydrogens is 1810 g/mol. The van der Waals surface area contributed by atoms with Crippen molar-refractivity contribution >= 4 is 146 Å². The number of fused-ring (bicyclic) bond motifs is 4. The minimum Gasteiger partial charge on any atom is -0.497 e. The average molecular weight is 1930 g/mol. The Balaban J connectivity index is 1.11. The second-order valence-corrected chi connectivity index (χ2v) is 35.1. The Morgan fingerprint density at radius 2 is 1.12 bits per heavy atom. The molecule has 6 aromatic rings. The Hall–Kier alpha value is -14.1. The number of nitrogens with two attached hydrogens (primary N) is 3. The number of aliphatic hydroxyl groups is 3. The number of nitrogens with one attached hydrogen (secondary N) is 12. The van der Waals surface area contributed by atoms with Gasteiger partial charge in [0.25, 0.3) is 0 Å². The molecule has 0 radical (unpaired) electrons. The Labute approximate surface area is 792 Å². The molecule has 15 atom stereocenters. The van der Waals surface area contributed by atoms with Crippen LogP contribution in [0.3, 0.4) is 0 Å². The fourth-order valence-corrected chi connectivity index (χ4v) is 17.5. The number of ether oxygens (including phenoxy) is 1. The summed E-state index contributed by atoms with van der Waals surface area (Å²) in [6.07, 6.45) is 1.32. The number of imidazole rings is 1. The van der Waals surface area contributed by atoms with Gasteiger partial charge in [0.1, 0.15) is 96.9 Å². The van der Waals surface area contributed by atoms with Gasteiger partial charge in [-0.15, -0.1) is 11.8 Å². The molecule has 3 aliphatic heterocycles. The predicted molar refractivity (Wildman–Crippen MR) is 493 cm³/mol. The topological polar surface area (TPSA) is 678 Å². The molecule has 2 unspecified atom stereocenters. The third-order valence-electron chi connectivity index (χ3n) is 24.2. The monoisotopic (exact) mass is 1930 g/mol. The number of benzene rings is 3. The minimum absolute atomic E-state index is 0.0760. The highest BCUT2D eigenvalue weighted by Gasteiger charge is 2.47. The number of carbonyl (C=O) groups excluding carboxylic acids is 18. The smallest absolute Gasteiger partial charge is 0.323 e. The number of unbranched alkanes of at least 4 members (excludes halogenated alkanes) is 2. The van der Waals surface area contributed by atoms with Gasteiger partial charge in [0.2, 0.25) is 106 Å². The first-order valence-corrected chi connectivity index (χ1v) is 46.1. The van der Waals surface area contributed by atoms with Gasteiger partial charge in [-0.05, 0) is 80.0 Å². The summed E-state index contributed by atoms with van der Waals surface area (Å²) in [6, 6.07) is -3.99. The van der Waals surface area contributed by atoms with Crippen LogP contribution < -0.4 is 75.1 Å². The van der Waals surface area contributed by atoms with E-state index in [0.29, 0.717) is 51.5 Å². The summed E-state index contributed by atoms with van der Waals surface area (Å²) in [5, 5.41) is 70.0. The number of likely N-dealkylation sites (N-methyl/N-ethyl adjacent to an activating group) is 3. The van der Waals surface area contributed by atoms with Crippen molar-refractivity contribution in [3.8, 4) is 5.75 Å². The molecule has 6 heterocycles. The fraction of sp³-hybridized carbons (Fsp3) is 0.511. The van der Waals surface area contributed by atoms with Gasteiger partial charge in [-0.3, -0.25) is 91.1 Å². The molecule has 46 nitrogen and oxygen atoms in total. The van der Waals surface area contributed by atoms with Crippen molar-refractivity contribution in [2.75, 3.05) is 72.6 Å². The number of rotatable bonds is 27. The number of carbonyl (C=O) groups is 19. The molecule has 742 valence electrons. The molecule has 0 aliphatic carbocycles. The molecule has 3 aliphatic rings. The first kappa shape index (κ1) is 107. The van der Waals surface area contributed by atoms with Crippen LogP contribution in [0, 0.1) is 0 Å². The first-order chi connectivity index (χ1) is 65.3. The molecule has 3 aromatic carbocycles. The zero-order valence-electron chi connectivity index (χ0n) is 77.1. The number of thioether (sulfide) groups is 1. The van der Waals surface area contributed by atoms with Crippen LogP contribution in [-0.2, 0) is 123 Å². The largest absolute Gasteiger partial charge is 0.497 e. The summed E-state index contributed by atoms with van der Waals surface area (Å²) in [5.74, 6) is -20.6. The van der Waals surface area contributed by atoms with E-state index in [-0.39, 0.29) is 62.7 Å². The van der Waals surface area contributed by atoms with E-state index in [4.69, 9.17) is 21.9 Å². The number of hydrogen-bond donors (Lipinski definition) is 19. The van der Waals surface area contributed by atoms with Crippen molar-refractivity contribution in [1.29, 1.82) is 0 Å². The number of aliphatic hydroxyl groups excluding tert-OH is 3. The lowest BCUT2D eigenvalue weighted by atomic mass is 10.00. The number of primary amides is 3. The number of methoxy groups -OCH3 is 1. The summed E-state index contributed by atoms with van der Waals surface area (Å²) in [5.41, 5.74) is 19.0. The Kier molecular flexibility index (Phi) is 39.3. The van der Waals surface area contributed by atoms with Crippen molar-refractivity contribution in [3.63, 3.8) is 0 Å². The van der Waals surface area contributed by atoms with Crippen LogP contribution >= 0.6 is 11.8 Å². The van der Waals surface area contributed by atoms with Gasteiger partial charge in [-0.25, -0.2) is 4.98 Å². The minimum atomic E-state index is -2.01. The van der Waals surface area contributed by atoms with Crippen molar-refractivity contribution < 1.29 is 116 Å². The molecule has 9 rings (SSSR count). The number of carboxylic acid groups (broad SMARTS) is 1. The van der Waals surface area contributed by atoms with E-state index in [2.05, 4.69) is 68.1 Å². The third-order valence-corrected chi connectivity index (χ3v) is 25.2. The van der Waals surface area contributed by atoms with E-state index in [1.54, 1.807) is 86.6 Å². The van der Waals surface area contributed by atoms with Crippen molar-refractivity contribution in [3.05, 3.63) is 120 Å². The maximum atomic E-state index is 15.8. The van der Waals surface area contributed by atoms with E-state index in [9.17, 15) is 78.0 Å². The maximum absolute atomic E-state index is 15.8. The van der Waals surface area contributed by atoms with Crippen LogP contribution in [0.1, 0.15) is 120 Å². The molecule has 137 heavy (non-hydrogen) atoms. The maximum Gasteiger partial charge on any atom is 0.323 e. The number of nitrogens with zero attached hydrogens (tertiary/aromatic N) is 7. The van der Waals surface area contributed by atoms with Crippen LogP contribution in [0.2, 0.25) is 0 Å². The fourth-order valence-electron chi connectivity index (χ4n) is 16.6. The van der Waals surface area contributed by atoms with Gasteiger partial charge in [-0.2, -0.15) is 0 Å². The van der Waals surface area contributed by atoms with Gasteiger partial charge in [0.15, 0.2) is 0 Å². The summed E-state index contributed by atoms with van der Waals surface area (Å²) in [6.45, 7) is 0.389. The molecule has 0 spiro atoms. The molecule has 0 saturated carbocycles. The summed E-state index contributed by atoms with van der Waals surface area (Å²) < 4.78 is 6.71. The van der Waals surface area contributed by atoms with Crippen molar-refractivity contribution in [1.82, 2.24) is 97.2 Å². The molecule has 47 heteroatoms. The number of hydrogen-bond acceptors (Lipinski definition) is 25. The van der Waals surface area contributed by atoms with Gasteiger partial charge >= 0.3 is 5.97 Å². The summed E-state index contributed by atoms with van der Waals surface area (Å²) in [4.78, 5) is 289. The quantitative estimate of drug-likeness (QED) is 0.0229. The third kappa shape index (κ3) is 29.0. The Bertz CT molecular complexity index is 5360. The van der Waals surface area contributed by atoms with Crippen LogP contribution in [0.4, 0.5) is 0 Å². The van der Waals surface area contributed by atoms with E-state index in [1.165, 1.54) is 64.7 Å². The lowest BCUT2D eigenvalue weighted by Gasteiger charge is -2.36. The molecule has 3 fully saturated rings. The molecule has 3 saturated heterocycles. The number of aromatic nitrogens is 4. The summed E-state index contributed by atoms with van der Waals surface area (Å²) >= 11 is 0.718. The number of para-hydroxylation sites is 2. The molecular formula is C90H122N22O24S. The average Bonchev–Trinajstić information content (AvgIpc) is 1.63. The SMILES string of the molecule is CCCC[C@H]1C(=O)N(C)[C@@H](CCCC)C(=O)NC(CO)C(=O)N[C@H](C(=O)NCC(N)=O)CSCC(=O)N[C@@H](Cc2ccc(OC)cc2)C(=O)N(C)[C@@H](C)C(=O)N[C@@H](CC(N)=O)C(=O)N2CCC[C@H]2C(=O)NC(Cc2c[nH]cn2)C(=O)N[C@@H](CCC(N)=O)C(=O)N2C[C@H](O)C[C@H]2C(=O)N[C@@H](Cc2c[nH]c3ccccc23)C(=O)N[C@@H](CO)C(=O)N[C@@H](Cc2cn(CC(=O)O)c3ccccc23)C(=O)N1C. The Morgan fingerprint density at radius 1 is 0.555 bits per heavy atom. The van der Waals surface area contributed by atoms with Crippen molar-refractivity contribution in [2.45, 2.75) is 221 Å². The van der Waals surface area contributed by atoms with E-state index in [1.807, 2.05) is 0 Å². The summed E-state index contributed by atoms with van der Waals surface area (Å²) in [7, 11) is 5.13. The zero-order chi connectivity index (χ0) is 100. The van der Waals surface area contributed by atoms with Gasteiger partial charge in [0, 0.05) is 119 Å². The van der Waals surface area contributed by atoms with E-state index < -0.39 is 292 Å².